The number of aryl methyl sites for hydroxylation is 1. The summed E-state index contributed by atoms with van der Waals surface area (Å²) in [7, 11) is 5.00. The van der Waals surface area contributed by atoms with E-state index in [4.69, 9.17) is 9.47 Å². The van der Waals surface area contributed by atoms with Crippen LogP contribution >= 0.6 is 11.8 Å². The highest BCUT2D eigenvalue weighted by Crippen LogP contribution is 2.27. The molecule has 0 spiro atoms. The van der Waals surface area contributed by atoms with Gasteiger partial charge in [-0.25, -0.2) is 0 Å². The van der Waals surface area contributed by atoms with Gasteiger partial charge < -0.3 is 19.4 Å². The summed E-state index contributed by atoms with van der Waals surface area (Å²) in [6.45, 7) is 0.429. The van der Waals surface area contributed by atoms with Gasteiger partial charge in [-0.3, -0.25) is 4.79 Å². The molecule has 1 aromatic heterocycles. The van der Waals surface area contributed by atoms with Crippen molar-refractivity contribution in [2.45, 2.75) is 11.7 Å². The second kappa shape index (κ2) is 7.69. The van der Waals surface area contributed by atoms with Gasteiger partial charge in [0.05, 0.1) is 20.0 Å². The number of hydrogen-bond acceptors (Lipinski definition) is 6. The molecule has 0 fully saturated rings. The van der Waals surface area contributed by atoms with Gasteiger partial charge in [0.1, 0.15) is 6.33 Å². The quantitative estimate of drug-likeness (QED) is 0.773. The molecular weight excluding hydrogens is 304 g/mol. The van der Waals surface area contributed by atoms with Crippen molar-refractivity contribution in [2.75, 3.05) is 20.0 Å². The standard InChI is InChI=1S/C14H18N4O3S/c1-18-9-16-17-14(18)22-8-13(19)15-7-10-4-5-11(20-2)12(6-10)21-3/h4-6,9H,7-8H2,1-3H3,(H,15,19). The van der Waals surface area contributed by atoms with Crippen LogP contribution in [0.15, 0.2) is 29.7 Å². The number of carbonyl (C=O) groups is 1. The Morgan fingerprint density at radius 3 is 2.73 bits per heavy atom. The summed E-state index contributed by atoms with van der Waals surface area (Å²) < 4.78 is 12.2. The van der Waals surface area contributed by atoms with Gasteiger partial charge in [-0.15, -0.1) is 10.2 Å². The fraction of sp³-hybridized carbons (Fsp3) is 0.357. The van der Waals surface area contributed by atoms with E-state index in [0.29, 0.717) is 29.0 Å². The first-order valence-corrected chi connectivity index (χ1v) is 7.57. The number of rotatable bonds is 7. The average molecular weight is 322 g/mol. The van der Waals surface area contributed by atoms with Gasteiger partial charge in [0.25, 0.3) is 0 Å². The summed E-state index contributed by atoms with van der Waals surface area (Å²) in [6, 6.07) is 5.54. The Bertz CT molecular complexity index is 645. The Morgan fingerprint density at radius 2 is 2.09 bits per heavy atom. The van der Waals surface area contributed by atoms with Gasteiger partial charge in [-0.1, -0.05) is 17.8 Å². The molecular formula is C14H18N4O3S. The summed E-state index contributed by atoms with van der Waals surface area (Å²) in [6.07, 6.45) is 1.60. The Kier molecular flexibility index (Phi) is 5.65. The fourth-order valence-corrected chi connectivity index (χ4v) is 2.49. The van der Waals surface area contributed by atoms with E-state index in [9.17, 15) is 4.79 Å². The number of ether oxygens (including phenoxy) is 2. The van der Waals surface area contributed by atoms with Crippen LogP contribution in [0.25, 0.3) is 0 Å². The third-order valence-electron chi connectivity index (χ3n) is 2.94. The summed E-state index contributed by atoms with van der Waals surface area (Å²) in [5.74, 6) is 1.53. The molecule has 0 saturated heterocycles. The number of methoxy groups -OCH3 is 2. The van der Waals surface area contributed by atoms with Crippen molar-refractivity contribution < 1.29 is 14.3 Å². The smallest absolute Gasteiger partial charge is 0.230 e. The lowest BCUT2D eigenvalue weighted by Gasteiger charge is -2.10. The van der Waals surface area contributed by atoms with Crippen LogP contribution in [0.2, 0.25) is 0 Å². The monoisotopic (exact) mass is 322 g/mol. The summed E-state index contributed by atoms with van der Waals surface area (Å²) in [5, 5.41) is 11.2. The topological polar surface area (TPSA) is 78.3 Å². The molecule has 1 aromatic carbocycles. The molecule has 1 heterocycles. The highest BCUT2D eigenvalue weighted by atomic mass is 32.2. The molecule has 1 amide bonds. The van der Waals surface area contributed by atoms with E-state index >= 15 is 0 Å². The largest absolute Gasteiger partial charge is 0.493 e. The van der Waals surface area contributed by atoms with Crippen LogP contribution in [0.3, 0.4) is 0 Å². The van der Waals surface area contributed by atoms with Crippen LogP contribution in [-0.2, 0) is 18.4 Å². The molecule has 0 saturated carbocycles. The van der Waals surface area contributed by atoms with Crippen molar-refractivity contribution in [3.8, 4) is 11.5 Å². The van der Waals surface area contributed by atoms with Crippen LogP contribution in [0, 0.1) is 0 Å². The minimum atomic E-state index is -0.0669. The molecule has 0 bridgehead atoms. The lowest BCUT2D eigenvalue weighted by atomic mass is 10.2. The van der Waals surface area contributed by atoms with Gasteiger partial charge in [0.15, 0.2) is 16.7 Å². The van der Waals surface area contributed by atoms with Crippen LogP contribution in [0.4, 0.5) is 0 Å². The second-order valence-corrected chi connectivity index (χ2v) is 5.42. The van der Waals surface area contributed by atoms with Crippen molar-refractivity contribution in [1.82, 2.24) is 20.1 Å². The minimum absolute atomic E-state index is 0.0669. The number of thioether (sulfide) groups is 1. The van der Waals surface area contributed by atoms with Crippen LogP contribution in [-0.4, -0.2) is 40.6 Å². The molecule has 0 aliphatic rings. The van der Waals surface area contributed by atoms with Crippen molar-refractivity contribution in [2.24, 2.45) is 7.05 Å². The zero-order chi connectivity index (χ0) is 15.9. The van der Waals surface area contributed by atoms with E-state index in [1.54, 1.807) is 25.1 Å². The molecule has 0 atom stereocenters. The first-order valence-electron chi connectivity index (χ1n) is 6.58. The number of aromatic nitrogens is 3. The Balaban J connectivity index is 1.84. The summed E-state index contributed by atoms with van der Waals surface area (Å²) in [5.41, 5.74) is 0.939. The van der Waals surface area contributed by atoms with E-state index in [-0.39, 0.29) is 5.91 Å². The molecule has 7 nitrogen and oxygen atoms in total. The molecule has 0 unspecified atom stereocenters. The number of nitrogens with one attached hydrogen (secondary N) is 1. The maximum atomic E-state index is 11.9. The van der Waals surface area contributed by atoms with Gasteiger partial charge in [0.2, 0.25) is 5.91 Å². The van der Waals surface area contributed by atoms with Gasteiger partial charge in [0, 0.05) is 13.6 Å². The zero-order valence-corrected chi connectivity index (χ0v) is 13.5. The predicted octanol–water partition coefficient (Wildman–Crippen LogP) is 1.24. The number of amides is 1. The van der Waals surface area contributed by atoms with Crippen LogP contribution in [0.5, 0.6) is 11.5 Å². The molecule has 0 radical (unpaired) electrons. The Hall–Kier alpha value is -2.22. The third-order valence-corrected chi connectivity index (χ3v) is 3.97. The second-order valence-electron chi connectivity index (χ2n) is 4.48. The highest BCUT2D eigenvalue weighted by molar-refractivity contribution is 7.99. The van der Waals surface area contributed by atoms with E-state index in [0.717, 1.165) is 5.56 Å². The van der Waals surface area contributed by atoms with Crippen molar-refractivity contribution >= 4 is 17.7 Å². The molecule has 22 heavy (non-hydrogen) atoms. The van der Waals surface area contributed by atoms with Crippen LogP contribution in [0.1, 0.15) is 5.56 Å². The first-order chi connectivity index (χ1) is 10.6. The molecule has 0 aliphatic carbocycles. The number of nitrogens with zero attached hydrogens (tertiary/aromatic N) is 3. The van der Waals surface area contributed by atoms with Crippen LogP contribution < -0.4 is 14.8 Å². The normalized spacial score (nSPS) is 10.3. The van der Waals surface area contributed by atoms with Crippen molar-refractivity contribution in [3.05, 3.63) is 30.1 Å². The average Bonchev–Trinajstić information content (AvgIpc) is 2.95. The van der Waals surface area contributed by atoms with Gasteiger partial charge in [-0.05, 0) is 17.7 Å². The van der Waals surface area contributed by atoms with E-state index in [1.165, 1.54) is 11.8 Å². The van der Waals surface area contributed by atoms with E-state index in [2.05, 4.69) is 15.5 Å². The van der Waals surface area contributed by atoms with Crippen molar-refractivity contribution in [3.63, 3.8) is 0 Å². The third kappa shape index (κ3) is 4.14. The van der Waals surface area contributed by atoms with E-state index in [1.807, 2.05) is 25.2 Å². The summed E-state index contributed by atoms with van der Waals surface area (Å²) >= 11 is 1.34. The Labute approximate surface area is 133 Å². The van der Waals surface area contributed by atoms with E-state index < -0.39 is 0 Å². The molecule has 118 valence electrons. The van der Waals surface area contributed by atoms with Gasteiger partial charge >= 0.3 is 0 Å². The maximum absolute atomic E-state index is 11.9. The molecule has 1 N–H and O–H groups in total. The lowest BCUT2D eigenvalue weighted by Crippen LogP contribution is -2.24. The molecule has 8 heteroatoms. The molecule has 0 aliphatic heterocycles. The van der Waals surface area contributed by atoms with Crippen molar-refractivity contribution in [1.29, 1.82) is 0 Å². The molecule has 2 aromatic rings. The number of hydrogen-bond donors (Lipinski definition) is 1. The SMILES string of the molecule is COc1ccc(CNC(=O)CSc2nncn2C)cc1OC. The summed E-state index contributed by atoms with van der Waals surface area (Å²) in [4.78, 5) is 11.9. The predicted molar refractivity (Wildman–Crippen MR) is 83.1 cm³/mol. The van der Waals surface area contributed by atoms with Gasteiger partial charge in [-0.2, -0.15) is 0 Å². The Morgan fingerprint density at radius 1 is 1.32 bits per heavy atom. The molecule has 2 rings (SSSR count). The lowest BCUT2D eigenvalue weighted by molar-refractivity contribution is -0.118. The maximum Gasteiger partial charge on any atom is 0.230 e. The highest BCUT2D eigenvalue weighted by Gasteiger charge is 2.08. The minimum Gasteiger partial charge on any atom is -0.493 e. The fourth-order valence-electron chi connectivity index (χ4n) is 1.78. The number of carbonyl (C=O) groups excluding carboxylic acids is 1. The first kappa shape index (κ1) is 16.2. The zero-order valence-electron chi connectivity index (χ0n) is 12.7. The number of benzene rings is 1.